The van der Waals surface area contributed by atoms with E-state index in [9.17, 15) is 8.42 Å². The summed E-state index contributed by atoms with van der Waals surface area (Å²) in [6.45, 7) is 6.24. The number of rotatable bonds is 6. The van der Waals surface area contributed by atoms with E-state index in [1.165, 1.54) is 4.31 Å². The monoisotopic (exact) mass is 367 g/mol. The highest BCUT2D eigenvalue weighted by Gasteiger charge is 2.28. The lowest BCUT2D eigenvalue weighted by Crippen LogP contribution is -2.37. The predicted molar refractivity (Wildman–Crippen MR) is 83.0 cm³/mol. The highest BCUT2D eigenvalue weighted by atomic mass is 79.9. The van der Waals surface area contributed by atoms with Crippen molar-refractivity contribution in [1.82, 2.24) is 4.31 Å². The minimum Gasteiger partial charge on any atom is -0.207 e. The van der Waals surface area contributed by atoms with Crippen molar-refractivity contribution >= 4 is 37.6 Å². The summed E-state index contributed by atoms with van der Waals surface area (Å²) < 4.78 is 27.5. The van der Waals surface area contributed by atoms with E-state index in [0.29, 0.717) is 16.9 Å². The van der Waals surface area contributed by atoms with Gasteiger partial charge in [-0.25, -0.2) is 8.42 Å². The summed E-state index contributed by atoms with van der Waals surface area (Å²) in [6.07, 6.45) is 0.782. The van der Waals surface area contributed by atoms with Crippen LogP contribution < -0.4 is 0 Å². The molecule has 3 nitrogen and oxygen atoms in total. The molecule has 1 aromatic carbocycles. The van der Waals surface area contributed by atoms with Gasteiger partial charge in [-0.05, 0) is 53.9 Å². The van der Waals surface area contributed by atoms with E-state index >= 15 is 0 Å². The van der Waals surface area contributed by atoms with Crippen LogP contribution in [0.25, 0.3) is 0 Å². The summed E-state index contributed by atoms with van der Waals surface area (Å²) in [5.74, 6) is 0.297. The van der Waals surface area contributed by atoms with E-state index in [0.717, 1.165) is 12.0 Å². The predicted octanol–water partition coefficient (Wildman–Crippen LogP) is 4.00. The molecule has 0 amide bonds. The number of sulfonamides is 1. The van der Waals surface area contributed by atoms with E-state index in [1.54, 1.807) is 12.1 Å². The van der Waals surface area contributed by atoms with Gasteiger partial charge in [0.15, 0.2) is 0 Å². The fraction of sp³-hybridized carbons (Fsp3) is 0.538. The molecule has 0 aliphatic rings. The van der Waals surface area contributed by atoms with Gasteiger partial charge in [0, 0.05) is 22.9 Å². The van der Waals surface area contributed by atoms with E-state index in [1.807, 2.05) is 26.8 Å². The van der Waals surface area contributed by atoms with E-state index in [-0.39, 0.29) is 10.9 Å². The Bertz CT molecular complexity index is 531. The lowest BCUT2D eigenvalue weighted by molar-refractivity contribution is 0.354. The maximum Gasteiger partial charge on any atom is 0.244 e. The molecule has 0 saturated heterocycles. The van der Waals surface area contributed by atoms with Gasteiger partial charge in [-0.1, -0.05) is 13.0 Å². The zero-order valence-corrected chi connectivity index (χ0v) is 14.5. The Morgan fingerprint density at radius 2 is 2.00 bits per heavy atom. The Hall–Kier alpha value is -0.100. The van der Waals surface area contributed by atoms with Crippen molar-refractivity contribution in [2.45, 2.75) is 44.0 Å². The van der Waals surface area contributed by atoms with Gasteiger partial charge in [0.05, 0.1) is 4.90 Å². The van der Waals surface area contributed by atoms with Gasteiger partial charge in [0.25, 0.3) is 0 Å². The summed E-state index contributed by atoms with van der Waals surface area (Å²) in [7, 11) is -3.50. The van der Waals surface area contributed by atoms with Crippen LogP contribution in [0, 0.1) is 0 Å². The van der Waals surface area contributed by atoms with Crippen molar-refractivity contribution in [3.05, 3.63) is 28.2 Å². The molecule has 0 heterocycles. The third-order valence-electron chi connectivity index (χ3n) is 2.76. The largest absolute Gasteiger partial charge is 0.244 e. The number of hydrogen-bond acceptors (Lipinski definition) is 2. The molecule has 19 heavy (non-hydrogen) atoms. The van der Waals surface area contributed by atoms with Crippen LogP contribution in [-0.2, 0) is 15.9 Å². The quantitative estimate of drug-likeness (QED) is 0.712. The van der Waals surface area contributed by atoms with Gasteiger partial charge in [-0.3, -0.25) is 0 Å². The molecule has 0 radical (unpaired) electrons. The maximum atomic E-state index is 12.7. The molecular weight excluding hydrogens is 350 g/mol. The molecule has 6 heteroatoms. The first-order valence-electron chi connectivity index (χ1n) is 6.20. The number of halogens is 2. The summed E-state index contributed by atoms with van der Waals surface area (Å²) in [6, 6.07) is 5.11. The summed E-state index contributed by atoms with van der Waals surface area (Å²) in [4.78, 5) is 0.285. The van der Waals surface area contributed by atoms with Crippen molar-refractivity contribution in [3.63, 3.8) is 0 Å². The molecule has 0 aliphatic carbocycles. The Balaban J connectivity index is 3.32. The zero-order chi connectivity index (χ0) is 14.6. The fourth-order valence-electron chi connectivity index (χ4n) is 1.83. The van der Waals surface area contributed by atoms with Gasteiger partial charge in [-0.2, -0.15) is 4.31 Å². The molecule has 0 aromatic heterocycles. The first-order valence-corrected chi connectivity index (χ1v) is 8.97. The molecule has 0 unspecified atom stereocenters. The Kier molecular flexibility index (Phi) is 6.30. The van der Waals surface area contributed by atoms with Crippen LogP contribution in [0.1, 0.15) is 32.8 Å². The second kappa shape index (κ2) is 7.07. The molecular formula is C13H19BrClNO2S. The van der Waals surface area contributed by atoms with Crippen molar-refractivity contribution < 1.29 is 8.42 Å². The number of nitrogens with zero attached hydrogens (tertiary/aromatic N) is 1. The van der Waals surface area contributed by atoms with Crippen LogP contribution >= 0.6 is 27.5 Å². The summed E-state index contributed by atoms with van der Waals surface area (Å²) in [5, 5.41) is 0. The van der Waals surface area contributed by atoms with Crippen LogP contribution in [0.4, 0.5) is 0 Å². The summed E-state index contributed by atoms with van der Waals surface area (Å²) in [5.41, 5.74) is 0.795. The molecule has 108 valence electrons. The van der Waals surface area contributed by atoms with Gasteiger partial charge < -0.3 is 0 Å². The molecule has 0 bridgehead atoms. The first-order chi connectivity index (χ1) is 8.84. The lowest BCUT2D eigenvalue weighted by Gasteiger charge is -2.26. The van der Waals surface area contributed by atoms with Gasteiger partial charge in [0.2, 0.25) is 10.0 Å². The standard InChI is InChI=1S/C13H19BrClNO2S/c1-4-7-16(10(2)3)19(17,18)13-8-11(9-15)5-6-12(13)14/h5-6,8,10H,4,7,9H2,1-3H3. The molecule has 0 atom stereocenters. The highest BCUT2D eigenvalue weighted by Crippen LogP contribution is 2.28. The van der Waals surface area contributed by atoms with Crippen LogP contribution in [0.15, 0.2) is 27.6 Å². The normalized spacial score (nSPS) is 12.4. The van der Waals surface area contributed by atoms with E-state index in [4.69, 9.17) is 11.6 Å². The molecule has 0 aliphatic heterocycles. The lowest BCUT2D eigenvalue weighted by atomic mass is 10.2. The van der Waals surface area contributed by atoms with Crippen molar-refractivity contribution in [2.24, 2.45) is 0 Å². The third-order valence-corrected chi connectivity index (χ3v) is 6.13. The van der Waals surface area contributed by atoms with Gasteiger partial charge in [-0.15, -0.1) is 11.6 Å². The van der Waals surface area contributed by atoms with Crippen LogP contribution in [0.3, 0.4) is 0 Å². The van der Waals surface area contributed by atoms with Crippen LogP contribution in [0.2, 0.25) is 0 Å². The molecule has 0 spiro atoms. The van der Waals surface area contributed by atoms with Crippen molar-refractivity contribution in [1.29, 1.82) is 0 Å². The number of benzene rings is 1. The fourth-order valence-corrected chi connectivity index (χ4v) is 4.70. The smallest absolute Gasteiger partial charge is 0.207 e. The molecule has 0 N–H and O–H groups in total. The minimum atomic E-state index is -3.50. The Morgan fingerprint density at radius 1 is 1.37 bits per heavy atom. The van der Waals surface area contributed by atoms with Crippen LogP contribution in [0.5, 0.6) is 0 Å². The van der Waals surface area contributed by atoms with Crippen LogP contribution in [-0.4, -0.2) is 25.3 Å². The molecule has 1 aromatic rings. The first kappa shape index (κ1) is 17.0. The number of alkyl halides is 1. The van der Waals surface area contributed by atoms with Gasteiger partial charge in [0.1, 0.15) is 0 Å². The molecule has 0 saturated carbocycles. The zero-order valence-electron chi connectivity index (χ0n) is 11.4. The van der Waals surface area contributed by atoms with Gasteiger partial charge >= 0.3 is 0 Å². The third kappa shape index (κ3) is 3.94. The van der Waals surface area contributed by atoms with E-state index in [2.05, 4.69) is 15.9 Å². The average molecular weight is 369 g/mol. The Morgan fingerprint density at radius 3 is 2.47 bits per heavy atom. The second-order valence-electron chi connectivity index (χ2n) is 4.61. The molecule has 1 rings (SSSR count). The SMILES string of the molecule is CCCN(C(C)C)S(=O)(=O)c1cc(CCl)ccc1Br. The van der Waals surface area contributed by atoms with Crippen molar-refractivity contribution in [3.8, 4) is 0 Å². The number of hydrogen-bond donors (Lipinski definition) is 0. The minimum absolute atomic E-state index is 0.0727. The maximum absolute atomic E-state index is 12.7. The summed E-state index contributed by atoms with van der Waals surface area (Å²) >= 11 is 9.10. The Labute approximate surface area is 129 Å². The highest BCUT2D eigenvalue weighted by molar-refractivity contribution is 9.10. The average Bonchev–Trinajstić information content (AvgIpc) is 2.35. The van der Waals surface area contributed by atoms with Crippen molar-refractivity contribution in [2.75, 3.05) is 6.54 Å². The molecule has 0 fully saturated rings. The second-order valence-corrected chi connectivity index (χ2v) is 7.59. The van der Waals surface area contributed by atoms with E-state index < -0.39 is 10.0 Å². The topological polar surface area (TPSA) is 37.4 Å².